The molecule has 1 rings (SSSR count). The Morgan fingerprint density at radius 2 is 2.07 bits per heavy atom. The summed E-state index contributed by atoms with van der Waals surface area (Å²) >= 11 is 0. The third kappa shape index (κ3) is 2.50. The number of aromatic nitrogens is 2. The van der Waals surface area contributed by atoms with Crippen LogP contribution in [-0.2, 0) is 12.0 Å². The summed E-state index contributed by atoms with van der Waals surface area (Å²) in [4.78, 5) is 14.5. The second-order valence-electron chi connectivity index (χ2n) is 4.73. The number of rotatable bonds is 3. The van der Waals surface area contributed by atoms with Gasteiger partial charge in [0.25, 0.3) is 0 Å². The highest BCUT2D eigenvalue weighted by molar-refractivity contribution is 4.99. The van der Waals surface area contributed by atoms with Crippen LogP contribution < -0.4 is 5.69 Å². The summed E-state index contributed by atoms with van der Waals surface area (Å²) < 4.78 is 1.76. The van der Waals surface area contributed by atoms with Gasteiger partial charge in [0.1, 0.15) is 0 Å². The fraction of sp³-hybridized carbons (Fsp3) is 0.727. The lowest BCUT2D eigenvalue weighted by molar-refractivity contribution is 0.385. The number of hydrogen-bond acceptors (Lipinski definition) is 1. The Morgan fingerprint density at radius 1 is 1.43 bits per heavy atom. The van der Waals surface area contributed by atoms with E-state index >= 15 is 0 Å². The van der Waals surface area contributed by atoms with Gasteiger partial charge in [-0.2, -0.15) is 0 Å². The number of nitrogens with one attached hydrogen (secondary N) is 1. The van der Waals surface area contributed by atoms with Crippen LogP contribution in [0.4, 0.5) is 0 Å². The van der Waals surface area contributed by atoms with Crippen molar-refractivity contribution in [2.75, 3.05) is 0 Å². The van der Waals surface area contributed by atoms with Gasteiger partial charge in [0.15, 0.2) is 0 Å². The van der Waals surface area contributed by atoms with Gasteiger partial charge in [0.05, 0.1) is 0 Å². The van der Waals surface area contributed by atoms with Crippen molar-refractivity contribution in [1.82, 2.24) is 9.55 Å². The summed E-state index contributed by atoms with van der Waals surface area (Å²) in [6, 6.07) is 0. The predicted molar refractivity (Wildman–Crippen MR) is 58.7 cm³/mol. The number of aryl methyl sites for hydroxylation is 1. The van der Waals surface area contributed by atoms with Crippen LogP contribution in [0, 0.1) is 0 Å². The Balaban J connectivity index is 2.89. The van der Waals surface area contributed by atoms with E-state index in [1.54, 1.807) is 4.57 Å². The minimum atomic E-state index is -0.127. The Kier molecular flexibility index (Phi) is 3.19. The Hall–Kier alpha value is -0.990. The van der Waals surface area contributed by atoms with Crippen LogP contribution in [0.1, 0.15) is 46.2 Å². The van der Waals surface area contributed by atoms with Crippen molar-refractivity contribution >= 4 is 0 Å². The number of hydrogen-bond donors (Lipinski definition) is 1. The third-order valence-electron chi connectivity index (χ3n) is 2.29. The molecular formula is C11H20N2O. The van der Waals surface area contributed by atoms with Crippen molar-refractivity contribution in [2.45, 2.75) is 52.5 Å². The topological polar surface area (TPSA) is 37.8 Å². The summed E-state index contributed by atoms with van der Waals surface area (Å²) in [6.07, 6.45) is 5.19. The smallest absolute Gasteiger partial charge is 0.310 e. The Bertz CT molecular complexity index is 341. The molecule has 0 radical (unpaired) electrons. The maximum atomic E-state index is 11.6. The third-order valence-corrected chi connectivity index (χ3v) is 2.29. The molecule has 0 saturated carbocycles. The second-order valence-corrected chi connectivity index (χ2v) is 4.73. The van der Waals surface area contributed by atoms with Crippen molar-refractivity contribution in [3.63, 3.8) is 0 Å². The van der Waals surface area contributed by atoms with Crippen molar-refractivity contribution in [1.29, 1.82) is 0 Å². The van der Waals surface area contributed by atoms with Crippen molar-refractivity contribution < 1.29 is 0 Å². The molecular weight excluding hydrogens is 176 g/mol. The van der Waals surface area contributed by atoms with Gasteiger partial charge in [-0.15, -0.1) is 0 Å². The van der Waals surface area contributed by atoms with Gasteiger partial charge in [-0.1, -0.05) is 13.3 Å². The van der Waals surface area contributed by atoms with Gasteiger partial charge >= 0.3 is 5.69 Å². The molecule has 0 aliphatic rings. The maximum Gasteiger partial charge on any atom is 0.326 e. The number of unbranched alkanes of at least 4 members (excludes halogenated alkanes) is 1. The predicted octanol–water partition coefficient (Wildman–Crippen LogP) is 2.27. The first-order valence-corrected chi connectivity index (χ1v) is 5.26. The molecule has 0 spiro atoms. The molecule has 1 aromatic heterocycles. The van der Waals surface area contributed by atoms with Gasteiger partial charge < -0.3 is 4.98 Å². The molecule has 0 bridgehead atoms. The molecule has 0 atom stereocenters. The zero-order valence-electron chi connectivity index (χ0n) is 9.55. The fourth-order valence-corrected chi connectivity index (χ4v) is 1.44. The van der Waals surface area contributed by atoms with Crippen molar-refractivity contribution in [3.8, 4) is 0 Å². The van der Waals surface area contributed by atoms with Crippen LogP contribution in [0.15, 0.2) is 11.0 Å². The van der Waals surface area contributed by atoms with E-state index in [0.29, 0.717) is 0 Å². The molecule has 3 nitrogen and oxygen atoms in total. The van der Waals surface area contributed by atoms with Crippen LogP contribution in [-0.4, -0.2) is 9.55 Å². The standard InChI is InChI=1S/C11H20N2O/c1-5-6-7-9-8-13(10(14)12-9)11(2,3)4/h8H,5-7H2,1-4H3,(H,12,14). The van der Waals surface area contributed by atoms with Gasteiger partial charge in [-0.3, -0.25) is 4.57 Å². The fourth-order valence-electron chi connectivity index (χ4n) is 1.44. The van der Waals surface area contributed by atoms with Gasteiger partial charge in [-0.25, -0.2) is 4.79 Å². The van der Waals surface area contributed by atoms with E-state index in [-0.39, 0.29) is 11.2 Å². The molecule has 0 aliphatic heterocycles. The lowest BCUT2D eigenvalue weighted by atomic mass is 10.1. The van der Waals surface area contributed by atoms with Gasteiger partial charge in [-0.05, 0) is 33.6 Å². The summed E-state index contributed by atoms with van der Waals surface area (Å²) in [5.74, 6) is 0. The van der Waals surface area contributed by atoms with Crippen LogP contribution in [0.5, 0.6) is 0 Å². The van der Waals surface area contributed by atoms with E-state index in [4.69, 9.17) is 0 Å². The zero-order chi connectivity index (χ0) is 10.8. The SMILES string of the molecule is CCCCc1cn(C(C)(C)C)c(=O)[nH]1. The Labute approximate surface area is 85.2 Å². The molecule has 0 amide bonds. The van der Waals surface area contributed by atoms with Gasteiger partial charge in [0.2, 0.25) is 0 Å². The first-order chi connectivity index (χ1) is 6.45. The van der Waals surface area contributed by atoms with E-state index in [0.717, 1.165) is 25.0 Å². The van der Waals surface area contributed by atoms with E-state index < -0.39 is 0 Å². The molecule has 80 valence electrons. The van der Waals surface area contributed by atoms with E-state index in [2.05, 4.69) is 11.9 Å². The first kappa shape index (κ1) is 11.1. The summed E-state index contributed by atoms with van der Waals surface area (Å²) in [6.45, 7) is 8.25. The quantitative estimate of drug-likeness (QED) is 0.791. The largest absolute Gasteiger partial charge is 0.326 e. The van der Waals surface area contributed by atoms with Gasteiger partial charge in [0, 0.05) is 17.4 Å². The average Bonchev–Trinajstić information content (AvgIpc) is 2.42. The highest BCUT2D eigenvalue weighted by Crippen LogP contribution is 2.11. The average molecular weight is 196 g/mol. The lowest BCUT2D eigenvalue weighted by Crippen LogP contribution is -2.31. The molecule has 0 saturated heterocycles. The highest BCUT2D eigenvalue weighted by Gasteiger charge is 2.16. The molecule has 1 aromatic rings. The van der Waals surface area contributed by atoms with Crippen molar-refractivity contribution in [3.05, 3.63) is 22.4 Å². The van der Waals surface area contributed by atoms with Crippen LogP contribution in [0.25, 0.3) is 0 Å². The zero-order valence-corrected chi connectivity index (χ0v) is 9.55. The molecule has 0 fully saturated rings. The number of aromatic amines is 1. The molecule has 0 aliphatic carbocycles. The first-order valence-electron chi connectivity index (χ1n) is 5.26. The summed E-state index contributed by atoms with van der Waals surface area (Å²) in [7, 11) is 0. The molecule has 3 heteroatoms. The van der Waals surface area contributed by atoms with E-state index in [9.17, 15) is 4.79 Å². The van der Waals surface area contributed by atoms with Crippen LogP contribution in [0.2, 0.25) is 0 Å². The Morgan fingerprint density at radius 3 is 2.50 bits per heavy atom. The minimum absolute atomic E-state index is 0.00334. The number of nitrogens with zero attached hydrogens (tertiary/aromatic N) is 1. The van der Waals surface area contributed by atoms with Crippen LogP contribution in [0.3, 0.4) is 0 Å². The molecule has 14 heavy (non-hydrogen) atoms. The number of imidazole rings is 1. The monoisotopic (exact) mass is 196 g/mol. The highest BCUT2D eigenvalue weighted by atomic mass is 16.1. The lowest BCUT2D eigenvalue weighted by Gasteiger charge is -2.18. The summed E-state index contributed by atoms with van der Waals surface area (Å²) in [5.41, 5.74) is 0.924. The summed E-state index contributed by atoms with van der Waals surface area (Å²) in [5, 5.41) is 0. The molecule has 1 N–H and O–H groups in total. The molecule has 0 aromatic carbocycles. The van der Waals surface area contributed by atoms with E-state index in [1.165, 1.54) is 0 Å². The molecule has 1 heterocycles. The van der Waals surface area contributed by atoms with E-state index in [1.807, 2.05) is 27.0 Å². The van der Waals surface area contributed by atoms with Crippen LogP contribution >= 0.6 is 0 Å². The maximum absolute atomic E-state index is 11.6. The molecule has 0 unspecified atom stereocenters. The van der Waals surface area contributed by atoms with Crippen molar-refractivity contribution in [2.24, 2.45) is 0 Å². The minimum Gasteiger partial charge on any atom is -0.310 e. The second kappa shape index (κ2) is 4.03. The normalized spacial score (nSPS) is 12.0. The number of H-pyrrole nitrogens is 1.